The van der Waals surface area contributed by atoms with Crippen molar-refractivity contribution in [2.24, 2.45) is 16.6 Å². The van der Waals surface area contributed by atoms with Crippen LogP contribution in [-0.2, 0) is 9.59 Å². The van der Waals surface area contributed by atoms with Crippen LogP contribution in [0.15, 0.2) is 16.8 Å². The quantitative estimate of drug-likeness (QED) is 0.622. The van der Waals surface area contributed by atoms with Crippen LogP contribution in [-0.4, -0.2) is 30.2 Å². The van der Waals surface area contributed by atoms with Crippen molar-refractivity contribution in [2.75, 3.05) is 0 Å². The van der Waals surface area contributed by atoms with Crippen LogP contribution in [0.2, 0.25) is 0 Å². The maximum atomic E-state index is 12.1. The monoisotopic (exact) mass is 250 g/mol. The summed E-state index contributed by atoms with van der Waals surface area (Å²) < 4.78 is 0. The minimum Gasteiger partial charge on any atom is -0.370 e. The van der Waals surface area contributed by atoms with Gasteiger partial charge in [-0.25, -0.2) is 0 Å². The van der Waals surface area contributed by atoms with Crippen LogP contribution < -0.4 is 16.4 Å². The van der Waals surface area contributed by atoms with Crippen molar-refractivity contribution in [3.05, 3.63) is 11.8 Å². The summed E-state index contributed by atoms with van der Waals surface area (Å²) in [6, 6.07) is -0.311. The number of aliphatic imine (C=N–C) groups is 1. The fourth-order valence-electron chi connectivity index (χ4n) is 2.04. The van der Waals surface area contributed by atoms with Crippen molar-refractivity contribution in [3.8, 4) is 0 Å². The fourth-order valence-corrected chi connectivity index (χ4v) is 2.04. The molecule has 0 aromatic heterocycles. The molecule has 1 aliphatic carbocycles. The molecule has 0 radical (unpaired) electrons. The van der Waals surface area contributed by atoms with Gasteiger partial charge in [-0.15, -0.1) is 0 Å². The second kappa shape index (κ2) is 5.20. The zero-order valence-corrected chi connectivity index (χ0v) is 10.3. The van der Waals surface area contributed by atoms with Gasteiger partial charge < -0.3 is 16.4 Å². The minimum absolute atomic E-state index is 0.144. The lowest BCUT2D eigenvalue weighted by molar-refractivity contribution is -0.120. The molecule has 1 heterocycles. The Hall–Kier alpha value is -1.85. The Balaban J connectivity index is 1.96. The molecule has 2 atom stereocenters. The van der Waals surface area contributed by atoms with Crippen LogP contribution in [0.1, 0.15) is 26.2 Å². The molecule has 2 unspecified atom stereocenters. The largest absolute Gasteiger partial charge is 0.370 e. The summed E-state index contributed by atoms with van der Waals surface area (Å²) in [6.07, 6.45) is 5.49. The first-order chi connectivity index (χ1) is 8.58. The van der Waals surface area contributed by atoms with Crippen molar-refractivity contribution in [2.45, 2.75) is 38.3 Å². The van der Waals surface area contributed by atoms with Crippen LogP contribution in [0.25, 0.3) is 0 Å². The van der Waals surface area contributed by atoms with E-state index in [0.717, 1.165) is 12.8 Å². The topological polar surface area (TPSA) is 96.6 Å². The molecule has 18 heavy (non-hydrogen) atoms. The second-order valence-electron chi connectivity index (χ2n) is 4.81. The molecule has 0 saturated heterocycles. The number of amides is 2. The van der Waals surface area contributed by atoms with E-state index in [1.165, 1.54) is 0 Å². The van der Waals surface area contributed by atoms with Crippen molar-refractivity contribution in [1.82, 2.24) is 10.6 Å². The first-order valence-electron chi connectivity index (χ1n) is 6.15. The molecule has 1 fully saturated rings. The maximum Gasteiger partial charge on any atom is 0.251 e. The summed E-state index contributed by atoms with van der Waals surface area (Å²) in [5.74, 6) is -0.170. The SMILES string of the molecule is CC1N=CNC=C1C(=O)NC(CC(N)=O)C1CC1. The van der Waals surface area contributed by atoms with Crippen LogP contribution in [0.4, 0.5) is 0 Å². The molecule has 4 N–H and O–H groups in total. The summed E-state index contributed by atoms with van der Waals surface area (Å²) in [6.45, 7) is 1.85. The average molecular weight is 250 g/mol. The number of nitrogens with one attached hydrogen (secondary N) is 2. The number of carbonyl (C=O) groups excluding carboxylic acids is 2. The Kier molecular flexibility index (Phi) is 3.64. The molecule has 6 nitrogen and oxygen atoms in total. The van der Waals surface area contributed by atoms with E-state index in [0.29, 0.717) is 11.5 Å². The highest BCUT2D eigenvalue weighted by Gasteiger charge is 2.34. The lowest BCUT2D eigenvalue weighted by atomic mass is 10.1. The van der Waals surface area contributed by atoms with Crippen molar-refractivity contribution in [1.29, 1.82) is 0 Å². The van der Waals surface area contributed by atoms with Crippen LogP contribution in [0.3, 0.4) is 0 Å². The molecular weight excluding hydrogens is 232 g/mol. The van der Waals surface area contributed by atoms with Gasteiger partial charge in [0.2, 0.25) is 5.91 Å². The predicted octanol–water partition coefficient (Wildman–Crippen LogP) is -0.340. The third kappa shape index (κ3) is 3.09. The van der Waals surface area contributed by atoms with E-state index >= 15 is 0 Å². The summed E-state index contributed by atoms with van der Waals surface area (Å²) in [5.41, 5.74) is 5.78. The minimum atomic E-state index is -0.381. The molecule has 1 aliphatic heterocycles. The van der Waals surface area contributed by atoms with Crippen molar-refractivity contribution in [3.63, 3.8) is 0 Å². The van der Waals surface area contributed by atoms with Crippen molar-refractivity contribution < 1.29 is 9.59 Å². The van der Waals surface area contributed by atoms with Gasteiger partial charge in [0.05, 0.1) is 18.0 Å². The Morgan fingerprint density at radius 1 is 1.61 bits per heavy atom. The van der Waals surface area contributed by atoms with Gasteiger partial charge in [-0.3, -0.25) is 14.6 Å². The lowest BCUT2D eigenvalue weighted by Gasteiger charge is -2.20. The lowest BCUT2D eigenvalue weighted by Crippen LogP contribution is -2.42. The summed E-state index contributed by atoms with van der Waals surface area (Å²) in [5, 5.41) is 5.69. The van der Waals surface area contributed by atoms with Gasteiger partial charge in [0.15, 0.2) is 0 Å². The van der Waals surface area contributed by atoms with Crippen LogP contribution in [0, 0.1) is 5.92 Å². The zero-order valence-electron chi connectivity index (χ0n) is 10.3. The van der Waals surface area contributed by atoms with Gasteiger partial charge in [-0.2, -0.15) is 0 Å². The van der Waals surface area contributed by atoms with E-state index in [4.69, 9.17) is 5.73 Å². The first-order valence-corrected chi connectivity index (χ1v) is 6.15. The maximum absolute atomic E-state index is 12.1. The van der Waals surface area contributed by atoms with E-state index in [9.17, 15) is 9.59 Å². The molecule has 2 aliphatic rings. The Morgan fingerprint density at radius 2 is 2.33 bits per heavy atom. The first kappa shape index (κ1) is 12.6. The Bertz CT molecular complexity index is 412. The van der Waals surface area contributed by atoms with E-state index in [2.05, 4.69) is 15.6 Å². The highest BCUT2D eigenvalue weighted by Crippen LogP contribution is 2.34. The number of hydrogen-bond donors (Lipinski definition) is 3. The average Bonchev–Trinajstić information content (AvgIpc) is 3.11. The summed E-state index contributed by atoms with van der Waals surface area (Å²) in [4.78, 5) is 27.2. The fraction of sp³-hybridized carbons (Fsp3) is 0.583. The number of primary amides is 1. The Morgan fingerprint density at radius 3 is 2.89 bits per heavy atom. The standard InChI is InChI=1S/C12H18N4O2/c1-7-9(5-14-6-15-7)12(18)16-10(4-11(13)17)8-2-3-8/h5-8,10H,2-4H2,1H3,(H2,13,17)(H,14,15)(H,16,18). The molecule has 0 aromatic carbocycles. The molecular formula is C12H18N4O2. The van der Waals surface area contributed by atoms with Crippen LogP contribution >= 0.6 is 0 Å². The molecule has 0 aromatic rings. The second-order valence-corrected chi connectivity index (χ2v) is 4.81. The Labute approximate surface area is 106 Å². The molecule has 98 valence electrons. The van der Waals surface area contributed by atoms with Gasteiger partial charge in [-0.05, 0) is 25.7 Å². The highest BCUT2D eigenvalue weighted by atomic mass is 16.2. The van der Waals surface area contributed by atoms with Crippen molar-refractivity contribution >= 4 is 18.2 Å². The predicted molar refractivity (Wildman–Crippen MR) is 67.6 cm³/mol. The molecule has 2 amide bonds. The molecule has 0 spiro atoms. The molecule has 6 heteroatoms. The third-order valence-corrected chi connectivity index (χ3v) is 3.25. The van der Waals surface area contributed by atoms with Gasteiger partial charge in [-0.1, -0.05) is 0 Å². The van der Waals surface area contributed by atoms with Gasteiger partial charge in [0.1, 0.15) is 0 Å². The number of nitrogens with two attached hydrogens (primary N) is 1. The number of hydrogen-bond acceptors (Lipinski definition) is 4. The zero-order chi connectivity index (χ0) is 13.1. The number of carbonyl (C=O) groups is 2. The normalized spacial score (nSPS) is 23.8. The summed E-state index contributed by atoms with van der Waals surface area (Å²) in [7, 11) is 0. The van der Waals surface area contributed by atoms with Gasteiger partial charge in [0, 0.05) is 18.7 Å². The van der Waals surface area contributed by atoms with E-state index in [1.54, 1.807) is 12.5 Å². The van der Waals surface area contributed by atoms with Crippen LogP contribution in [0.5, 0.6) is 0 Å². The number of nitrogens with zero attached hydrogens (tertiary/aromatic N) is 1. The molecule has 0 bridgehead atoms. The van der Waals surface area contributed by atoms with Gasteiger partial charge in [0.25, 0.3) is 5.91 Å². The molecule has 2 rings (SSSR count). The summed E-state index contributed by atoms with van der Waals surface area (Å²) >= 11 is 0. The third-order valence-electron chi connectivity index (χ3n) is 3.25. The highest BCUT2D eigenvalue weighted by molar-refractivity contribution is 5.96. The van der Waals surface area contributed by atoms with Gasteiger partial charge >= 0.3 is 0 Å². The molecule has 1 saturated carbocycles. The van der Waals surface area contributed by atoms with E-state index < -0.39 is 0 Å². The smallest absolute Gasteiger partial charge is 0.251 e. The van der Waals surface area contributed by atoms with E-state index in [-0.39, 0.29) is 30.3 Å². The van der Waals surface area contributed by atoms with E-state index in [1.807, 2.05) is 6.92 Å². The number of rotatable bonds is 5.